The van der Waals surface area contributed by atoms with E-state index in [1.165, 1.54) is 50.7 Å². The average molecular weight is 1650 g/mol. The van der Waals surface area contributed by atoms with Gasteiger partial charge in [-0.2, -0.15) is 5.10 Å². The normalized spacial score (nSPS) is 16.3. The van der Waals surface area contributed by atoms with Crippen molar-refractivity contribution >= 4 is 143 Å². The maximum Gasteiger partial charge on any atom is 0.256 e. The first-order chi connectivity index (χ1) is 41.7. The molecule has 5 heterocycles. The minimum atomic E-state index is -0.646. The third-order valence-electron chi connectivity index (χ3n) is 13.2. The molecule has 4 bridgehead atoms. The van der Waals surface area contributed by atoms with Crippen LogP contribution in [0.5, 0.6) is 28.7 Å². The number of halogens is 7. The van der Waals surface area contributed by atoms with Crippen LogP contribution < -0.4 is 24.8 Å². The van der Waals surface area contributed by atoms with E-state index < -0.39 is 5.60 Å². The molecule has 1 amide bonds. The third kappa shape index (κ3) is 21.0. The van der Waals surface area contributed by atoms with Crippen molar-refractivity contribution in [3.63, 3.8) is 0 Å². The SMILES string of the molecule is C=C(C)CBr.C=C(C)COc1ccc(Br)cc1C(C)=O.C=C(C)Cc1cc(Br)cc(C(C)=O)c1O.CC(=O)c1cc(Br)cc2c1OC(C)(CI)C2.CC(=O)c1cc(Br)ccc1O.C[C@H]1Nc2ccn3ncc(c3n2)C(=O)NCC2(C)Cc3cc(F)cc1c3O2. The Bertz CT molecular complexity index is 3880. The smallest absolute Gasteiger partial charge is 0.256 e. The van der Waals surface area contributed by atoms with E-state index in [1.54, 1.807) is 60.1 Å². The van der Waals surface area contributed by atoms with Crippen LogP contribution in [-0.2, 0) is 19.3 Å². The van der Waals surface area contributed by atoms with Gasteiger partial charge in [0.15, 0.2) is 28.8 Å². The van der Waals surface area contributed by atoms with Gasteiger partial charge < -0.3 is 35.1 Å². The highest BCUT2D eigenvalue weighted by Crippen LogP contribution is 2.43. The summed E-state index contributed by atoms with van der Waals surface area (Å²) in [5, 5.41) is 30.3. The Morgan fingerprint density at radius 3 is 1.89 bits per heavy atom. The molecule has 89 heavy (non-hydrogen) atoms. The number of carbonyl (C=O) groups is 5. The fourth-order valence-corrected chi connectivity index (χ4v) is 11.2. The predicted octanol–water partition coefficient (Wildman–Crippen LogP) is 17.7. The van der Waals surface area contributed by atoms with Crippen LogP contribution in [-0.4, -0.2) is 88.0 Å². The first-order valence-electron chi connectivity index (χ1n) is 27.6. The lowest BCUT2D eigenvalue weighted by molar-refractivity contribution is 0.0838. The van der Waals surface area contributed by atoms with E-state index in [9.17, 15) is 33.5 Å². The lowest BCUT2D eigenvalue weighted by atomic mass is 9.96. The number of phenols is 2. The molecular formula is C67H70Br5FIN5O10. The zero-order chi connectivity index (χ0) is 66.4. The second-order valence-corrected chi connectivity index (χ2v) is 27.1. The number of rotatable bonds is 11. The fraction of sp³-hybridized carbons (Fsp3) is 0.299. The number of nitrogens with one attached hydrogen (secondary N) is 2. The second kappa shape index (κ2) is 32.8. The van der Waals surface area contributed by atoms with Crippen LogP contribution in [0.1, 0.15) is 149 Å². The summed E-state index contributed by atoms with van der Waals surface area (Å²) in [4.78, 5) is 62.2. The molecule has 0 saturated carbocycles. The van der Waals surface area contributed by atoms with Crippen LogP contribution in [0.2, 0.25) is 0 Å². The zero-order valence-corrected chi connectivity index (χ0v) is 61.0. The van der Waals surface area contributed by atoms with Crippen molar-refractivity contribution in [2.45, 2.75) is 106 Å². The molecule has 22 heteroatoms. The van der Waals surface area contributed by atoms with Crippen molar-refractivity contribution in [2.75, 3.05) is 28.2 Å². The molecule has 5 aromatic carbocycles. The molecule has 3 aliphatic heterocycles. The summed E-state index contributed by atoms with van der Waals surface area (Å²) in [6.45, 7) is 29.5. The minimum Gasteiger partial charge on any atom is -0.507 e. The van der Waals surface area contributed by atoms with E-state index >= 15 is 0 Å². The molecule has 4 N–H and O–H groups in total. The number of allylic oxidation sites excluding steroid dienone is 2. The molecule has 3 aliphatic rings. The lowest BCUT2D eigenvalue weighted by Gasteiger charge is -2.25. The number of aromatic hydroxyl groups is 2. The van der Waals surface area contributed by atoms with Gasteiger partial charge in [-0.3, -0.25) is 24.0 Å². The Morgan fingerprint density at radius 1 is 0.742 bits per heavy atom. The van der Waals surface area contributed by atoms with Crippen molar-refractivity contribution in [2.24, 2.45) is 0 Å². The van der Waals surface area contributed by atoms with Gasteiger partial charge in [0.25, 0.3) is 5.91 Å². The molecule has 0 aliphatic carbocycles. The summed E-state index contributed by atoms with van der Waals surface area (Å²) >= 11 is 18.8. The van der Waals surface area contributed by atoms with Crippen LogP contribution in [0.3, 0.4) is 0 Å². The van der Waals surface area contributed by atoms with Gasteiger partial charge in [0.05, 0.1) is 41.0 Å². The highest BCUT2D eigenvalue weighted by molar-refractivity contribution is 14.1. The van der Waals surface area contributed by atoms with Crippen molar-refractivity contribution < 1.29 is 52.8 Å². The number of anilines is 1. The topological polar surface area (TPSA) is 208 Å². The molecule has 2 aromatic heterocycles. The third-order valence-corrected chi connectivity index (χ3v) is 17.7. The maximum atomic E-state index is 14.2. The number of phenolic OH excluding ortho intramolecular Hbond substituents is 2. The summed E-state index contributed by atoms with van der Waals surface area (Å²) in [5.74, 6) is 1.91. The van der Waals surface area contributed by atoms with Gasteiger partial charge in [-0.25, -0.2) is 13.9 Å². The van der Waals surface area contributed by atoms with Gasteiger partial charge in [-0.15, -0.1) is 0 Å². The molecule has 0 saturated heterocycles. The molecule has 15 nitrogen and oxygen atoms in total. The molecule has 0 radical (unpaired) electrons. The molecule has 3 atom stereocenters. The second-order valence-electron chi connectivity index (χ2n) is 22.2. The number of aromatic nitrogens is 3. The number of hydrogen-bond acceptors (Lipinski definition) is 13. The van der Waals surface area contributed by atoms with Crippen LogP contribution in [0.15, 0.2) is 146 Å². The Labute approximate surface area is 574 Å². The summed E-state index contributed by atoms with van der Waals surface area (Å²) in [6, 6.07) is 22.0. The van der Waals surface area contributed by atoms with E-state index in [0.717, 1.165) is 73.2 Å². The van der Waals surface area contributed by atoms with Gasteiger partial charge in [0, 0.05) is 63.4 Å². The van der Waals surface area contributed by atoms with E-state index in [4.69, 9.17) is 19.3 Å². The molecule has 10 rings (SSSR count). The molecule has 472 valence electrons. The molecular weight excluding hydrogens is 1580 g/mol. The predicted molar refractivity (Wildman–Crippen MR) is 375 cm³/mol. The summed E-state index contributed by atoms with van der Waals surface area (Å²) < 4.78 is 37.7. The quantitative estimate of drug-likeness (QED) is 0.0412. The van der Waals surface area contributed by atoms with Crippen LogP contribution in [0, 0.1) is 5.82 Å². The summed E-state index contributed by atoms with van der Waals surface area (Å²) in [7, 11) is 0. The molecule has 0 spiro atoms. The van der Waals surface area contributed by atoms with Crippen LogP contribution >= 0.6 is 102 Å². The number of alkyl halides is 2. The number of nitrogens with zero attached hydrogens (tertiary/aromatic N) is 3. The molecule has 0 fully saturated rings. The summed E-state index contributed by atoms with van der Waals surface area (Å²) in [6.07, 6.45) is 5.20. The van der Waals surface area contributed by atoms with Gasteiger partial charge >= 0.3 is 0 Å². The Hall–Kier alpha value is -6.05. The first-order valence-corrected chi connectivity index (χ1v) is 33.4. The number of benzene rings is 5. The number of amides is 1. The highest BCUT2D eigenvalue weighted by atomic mass is 127. The monoisotopic (exact) mass is 1650 g/mol. The van der Waals surface area contributed by atoms with Gasteiger partial charge in [0.2, 0.25) is 0 Å². The first kappa shape index (κ1) is 73.7. The number of carbonyl (C=O) groups excluding carboxylic acids is 5. The van der Waals surface area contributed by atoms with Crippen LogP contribution in [0.25, 0.3) is 5.65 Å². The largest absolute Gasteiger partial charge is 0.507 e. The van der Waals surface area contributed by atoms with E-state index in [2.05, 4.69) is 150 Å². The van der Waals surface area contributed by atoms with Crippen molar-refractivity contribution in [3.8, 4) is 28.7 Å². The number of fused-ring (bicyclic) bond motifs is 3. The Morgan fingerprint density at radius 2 is 1.31 bits per heavy atom. The fourth-order valence-electron chi connectivity index (χ4n) is 9.01. The molecule has 7 aromatic rings. The van der Waals surface area contributed by atoms with E-state index in [0.29, 0.717) is 76.8 Å². The van der Waals surface area contributed by atoms with Gasteiger partial charge in [-0.05, 0) is 166 Å². The highest BCUT2D eigenvalue weighted by Gasteiger charge is 2.39. The number of Topliss-reactive ketones (excluding diaryl/α,β-unsaturated/α-hetero) is 4. The standard InChI is InChI=1S/C19H18FN5O2.C12H12BrIO2.2C12H13BrO2.C8H7BrO2.C4H7Br/c1-10-13-6-12(20)5-11-7-19(2,27-16(11)13)9-21-18(26)14-8-22-25-4-3-15(23-10)24-17(14)25;1-7(15)10-4-9(13)3-8-5-12(2,6-14)16-11(8)10;1-7(2)4-9-5-10(13)6-11(8(3)14)12(9)15;1-8(2)7-15-12-5-4-10(13)6-11(12)9(3)14;1-5(10)7-4-6(9)2-3-8(7)11;1-4(2)3-5/h3-6,8,10H,7,9H2,1-2H3,(H,21,26)(H,23,24);3-4H,5-6H2,1-2H3;5-6,15H,1,4H2,2-3H3;4-6H,1,7H2,2-3H3;2-4,11H,1H3;1,3H2,2H3/t10-,19?;;;;;/m1...../s1. The minimum absolute atomic E-state index is 0.00647. The Balaban J connectivity index is 0.000000206. The number of ether oxygens (including phenoxy) is 3. The van der Waals surface area contributed by atoms with Gasteiger partial charge in [-0.1, -0.05) is 133 Å². The summed E-state index contributed by atoms with van der Waals surface area (Å²) in [5.41, 5.74) is 8.43. The molecule has 2 unspecified atom stereocenters. The Kier molecular flexibility index (Phi) is 27.2. The average Bonchev–Trinajstić information content (AvgIpc) is 2.07. The van der Waals surface area contributed by atoms with E-state index in [-0.39, 0.29) is 58.0 Å². The van der Waals surface area contributed by atoms with E-state index in [1.807, 2.05) is 52.8 Å². The number of hydrogen-bond donors (Lipinski definition) is 4. The van der Waals surface area contributed by atoms with Gasteiger partial charge in [0.1, 0.15) is 63.8 Å². The van der Waals surface area contributed by atoms with Crippen molar-refractivity contribution in [1.82, 2.24) is 19.9 Å². The van der Waals surface area contributed by atoms with Crippen molar-refractivity contribution in [1.29, 1.82) is 0 Å². The maximum absolute atomic E-state index is 14.2. The van der Waals surface area contributed by atoms with Crippen molar-refractivity contribution in [3.05, 3.63) is 201 Å². The van der Waals surface area contributed by atoms with Crippen LogP contribution in [0.4, 0.5) is 10.2 Å². The number of ketones is 4. The zero-order valence-electron chi connectivity index (χ0n) is 51.0. The lowest BCUT2D eigenvalue weighted by Crippen LogP contribution is -2.44.